The van der Waals surface area contributed by atoms with Crippen molar-refractivity contribution in [3.8, 4) is 17.2 Å². The molecule has 1 aromatic carbocycles. The fourth-order valence-corrected chi connectivity index (χ4v) is 4.26. The van der Waals surface area contributed by atoms with Gasteiger partial charge in [-0.1, -0.05) is 0 Å². The molecule has 0 amide bonds. The zero-order valence-corrected chi connectivity index (χ0v) is 18.0. The predicted octanol–water partition coefficient (Wildman–Crippen LogP) is 1.57. The van der Waals surface area contributed by atoms with Gasteiger partial charge in [-0.2, -0.15) is 0 Å². The number of Topliss-reactive ketones (excluding diaryl/α,β-unsaturated/α-hetero) is 1. The highest BCUT2D eigenvalue weighted by Gasteiger charge is 2.31. The summed E-state index contributed by atoms with van der Waals surface area (Å²) >= 11 is 0. The summed E-state index contributed by atoms with van der Waals surface area (Å²) in [4.78, 5) is 42.5. The standard InChI is InChI=1S/C22H23N3O6/c1-24-20-18(21(27)25(2)22(24)28)13-6-11(7-15(26)14(13)10-23-20)12-8-16(29-3)19(31-5)17(9-12)30-4/h8-11H,6-7H2,1-5H3/t11-/m0/s1. The minimum absolute atomic E-state index is 0.106. The number of aryl methyl sites for hydroxylation is 1. The van der Waals surface area contributed by atoms with Crippen LogP contribution in [-0.2, 0) is 20.5 Å². The molecule has 2 aromatic heterocycles. The number of fused-ring (bicyclic) bond motifs is 3. The molecule has 1 aliphatic carbocycles. The number of nitrogens with zero attached hydrogens (tertiary/aromatic N) is 3. The first-order chi connectivity index (χ1) is 14.8. The third-order valence-corrected chi connectivity index (χ3v) is 5.92. The molecule has 0 radical (unpaired) electrons. The van der Waals surface area contributed by atoms with E-state index in [0.717, 1.165) is 10.1 Å². The van der Waals surface area contributed by atoms with Gasteiger partial charge in [-0.3, -0.25) is 18.7 Å². The van der Waals surface area contributed by atoms with Crippen LogP contribution in [0.4, 0.5) is 0 Å². The Balaban J connectivity index is 1.93. The van der Waals surface area contributed by atoms with Crippen LogP contribution < -0.4 is 25.5 Å². The van der Waals surface area contributed by atoms with E-state index in [4.69, 9.17) is 14.2 Å². The second kappa shape index (κ2) is 7.57. The lowest BCUT2D eigenvalue weighted by Gasteiger charge is -2.26. The summed E-state index contributed by atoms with van der Waals surface area (Å²) in [5.41, 5.74) is 1.21. The first kappa shape index (κ1) is 20.6. The monoisotopic (exact) mass is 425 g/mol. The molecule has 0 N–H and O–H groups in total. The minimum Gasteiger partial charge on any atom is -0.493 e. The number of benzene rings is 1. The van der Waals surface area contributed by atoms with Gasteiger partial charge in [-0.05, 0) is 35.6 Å². The van der Waals surface area contributed by atoms with Gasteiger partial charge >= 0.3 is 5.69 Å². The smallest absolute Gasteiger partial charge is 0.332 e. The highest BCUT2D eigenvalue weighted by molar-refractivity contribution is 6.02. The molecule has 2 heterocycles. The number of carbonyl (C=O) groups is 1. The Morgan fingerprint density at radius 1 is 0.935 bits per heavy atom. The number of carbonyl (C=O) groups excluding carboxylic acids is 1. The Hall–Kier alpha value is -3.62. The van der Waals surface area contributed by atoms with Crippen LogP contribution in [0, 0.1) is 0 Å². The van der Waals surface area contributed by atoms with E-state index in [2.05, 4.69) is 4.98 Å². The lowest BCUT2D eigenvalue weighted by atomic mass is 9.79. The van der Waals surface area contributed by atoms with E-state index in [0.29, 0.717) is 40.2 Å². The van der Waals surface area contributed by atoms with Crippen LogP contribution in [0.3, 0.4) is 0 Å². The number of ketones is 1. The fraction of sp³-hybridized carbons (Fsp3) is 0.364. The van der Waals surface area contributed by atoms with Gasteiger partial charge in [0.25, 0.3) is 5.56 Å². The van der Waals surface area contributed by atoms with Crippen LogP contribution in [-0.4, -0.2) is 41.2 Å². The number of hydrogen-bond donors (Lipinski definition) is 0. The normalized spacial score (nSPS) is 15.6. The summed E-state index contributed by atoms with van der Waals surface area (Å²) < 4.78 is 18.6. The maximum Gasteiger partial charge on any atom is 0.332 e. The molecule has 3 aromatic rings. The SMILES string of the molecule is COc1cc([C@@H]2CC(=O)c3cnc4c(c3C2)c(=O)n(C)c(=O)n4C)cc(OC)c1OC. The molecule has 1 aliphatic rings. The van der Waals surface area contributed by atoms with Gasteiger partial charge in [-0.25, -0.2) is 9.78 Å². The summed E-state index contributed by atoms with van der Waals surface area (Å²) in [5, 5.41) is 0.299. The molecule has 9 nitrogen and oxygen atoms in total. The zero-order chi connectivity index (χ0) is 22.4. The molecule has 0 unspecified atom stereocenters. The van der Waals surface area contributed by atoms with E-state index < -0.39 is 11.2 Å². The minimum atomic E-state index is -0.465. The number of methoxy groups -OCH3 is 3. The Morgan fingerprint density at radius 2 is 1.58 bits per heavy atom. The molecular weight excluding hydrogens is 402 g/mol. The first-order valence-electron chi connectivity index (χ1n) is 9.73. The molecule has 0 saturated carbocycles. The maximum absolute atomic E-state index is 13.0. The number of aromatic nitrogens is 3. The second-order valence-corrected chi connectivity index (χ2v) is 7.54. The van der Waals surface area contributed by atoms with Crippen LogP contribution in [0.5, 0.6) is 17.2 Å². The molecule has 0 fully saturated rings. The van der Waals surface area contributed by atoms with Crippen molar-refractivity contribution in [3.05, 3.63) is 55.9 Å². The van der Waals surface area contributed by atoms with Gasteiger partial charge in [0.15, 0.2) is 17.3 Å². The van der Waals surface area contributed by atoms with Gasteiger partial charge in [0.2, 0.25) is 5.75 Å². The van der Waals surface area contributed by atoms with Crippen molar-refractivity contribution in [2.75, 3.05) is 21.3 Å². The van der Waals surface area contributed by atoms with Crippen LogP contribution in [0.1, 0.15) is 33.8 Å². The van der Waals surface area contributed by atoms with Crippen LogP contribution in [0.15, 0.2) is 27.9 Å². The van der Waals surface area contributed by atoms with E-state index in [1.807, 2.05) is 12.1 Å². The van der Waals surface area contributed by atoms with E-state index >= 15 is 0 Å². The van der Waals surface area contributed by atoms with Crippen LogP contribution >= 0.6 is 0 Å². The average molecular weight is 425 g/mol. The van der Waals surface area contributed by atoms with Crippen molar-refractivity contribution in [1.29, 1.82) is 0 Å². The van der Waals surface area contributed by atoms with Gasteiger partial charge in [0.05, 0.1) is 26.7 Å². The van der Waals surface area contributed by atoms with Crippen molar-refractivity contribution in [3.63, 3.8) is 0 Å². The lowest BCUT2D eigenvalue weighted by Crippen LogP contribution is -2.38. The molecule has 0 spiro atoms. The fourth-order valence-electron chi connectivity index (χ4n) is 4.26. The van der Waals surface area contributed by atoms with Gasteiger partial charge in [-0.15, -0.1) is 0 Å². The third kappa shape index (κ3) is 3.08. The van der Waals surface area contributed by atoms with Crippen LogP contribution in [0.2, 0.25) is 0 Å². The molecule has 162 valence electrons. The number of ether oxygens (including phenoxy) is 3. The van der Waals surface area contributed by atoms with Gasteiger partial charge in [0, 0.05) is 32.3 Å². The molecule has 1 atom stereocenters. The van der Waals surface area contributed by atoms with Crippen molar-refractivity contribution < 1.29 is 19.0 Å². The maximum atomic E-state index is 13.0. The largest absolute Gasteiger partial charge is 0.493 e. The van der Waals surface area contributed by atoms with Crippen molar-refractivity contribution >= 4 is 16.8 Å². The molecule has 9 heteroatoms. The number of pyridine rings is 1. The van der Waals surface area contributed by atoms with E-state index in [9.17, 15) is 14.4 Å². The predicted molar refractivity (Wildman–Crippen MR) is 114 cm³/mol. The Morgan fingerprint density at radius 3 is 2.16 bits per heavy atom. The van der Waals surface area contributed by atoms with Crippen molar-refractivity contribution in [1.82, 2.24) is 14.1 Å². The van der Waals surface area contributed by atoms with Gasteiger partial charge in [0.1, 0.15) is 5.65 Å². The highest BCUT2D eigenvalue weighted by atomic mass is 16.5. The number of rotatable bonds is 4. The quantitative estimate of drug-likeness (QED) is 0.625. The highest BCUT2D eigenvalue weighted by Crippen LogP contribution is 2.43. The summed E-state index contributed by atoms with van der Waals surface area (Å²) in [5.74, 6) is 1.14. The van der Waals surface area contributed by atoms with E-state index in [1.54, 1.807) is 7.05 Å². The van der Waals surface area contributed by atoms with E-state index in [-0.39, 0.29) is 23.8 Å². The van der Waals surface area contributed by atoms with E-state index in [1.165, 1.54) is 39.1 Å². The summed E-state index contributed by atoms with van der Waals surface area (Å²) in [6.07, 6.45) is 2.15. The summed E-state index contributed by atoms with van der Waals surface area (Å²) in [6.45, 7) is 0. The van der Waals surface area contributed by atoms with Crippen molar-refractivity contribution in [2.24, 2.45) is 14.1 Å². The second-order valence-electron chi connectivity index (χ2n) is 7.54. The Kier molecular flexibility index (Phi) is 5.04. The molecule has 31 heavy (non-hydrogen) atoms. The topological polar surface area (TPSA) is 102 Å². The first-order valence-corrected chi connectivity index (χ1v) is 9.73. The number of hydrogen-bond acceptors (Lipinski definition) is 7. The molecule has 0 saturated heterocycles. The molecule has 0 aliphatic heterocycles. The summed E-state index contributed by atoms with van der Waals surface area (Å²) in [6, 6.07) is 3.64. The Bertz CT molecular complexity index is 1310. The average Bonchev–Trinajstić information content (AvgIpc) is 2.79. The lowest BCUT2D eigenvalue weighted by molar-refractivity contribution is 0.0964. The van der Waals surface area contributed by atoms with Crippen LogP contribution in [0.25, 0.3) is 11.0 Å². The molecule has 0 bridgehead atoms. The Labute approximate surface area is 177 Å². The molecular formula is C22H23N3O6. The molecule has 4 rings (SSSR count). The summed E-state index contributed by atoms with van der Waals surface area (Å²) in [7, 11) is 7.58. The van der Waals surface area contributed by atoms with Crippen molar-refractivity contribution in [2.45, 2.75) is 18.8 Å². The zero-order valence-electron chi connectivity index (χ0n) is 18.0. The third-order valence-electron chi connectivity index (χ3n) is 5.92. The van der Waals surface area contributed by atoms with Gasteiger partial charge < -0.3 is 14.2 Å².